The Morgan fingerprint density at radius 1 is 1.14 bits per heavy atom. The molecule has 0 aromatic rings. The number of hydroxylamine groups is 1. The largest absolute Gasteiger partial charge is 0.508 e. The normalized spacial score (nSPS) is 22.2. The van der Waals surface area contributed by atoms with Crippen LogP contribution in [0.4, 0.5) is 9.59 Å². The first kappa shape index (κ1) is 30.9. The van der Waals surface area contributed by atoms with Crippen LogP contribution in [0.2, 0.25) is 0 Å². The summed E-state index contributed by atoms with van der Waals surface area (Å²) in [7, 11) is -4.33. The van der Waals surface area contributed by atoms with E-state index in [1.807, 2.05) is 11.8 Å². The monoisotopic (exact) mass is 571 g/mol. The predicted molar refractivity (Wildman–Crippen MR) is 128 cm³/mol. The van der Waals surface area contributed by atoms with E-state index in [1.54, 1.807) is 0 Å². The minimum Gasteiger partial charge on any atom is -0.464 e. The van der Waals surface area contributed by atoms with Gasteiger partial charge in [-0.15, -0.1) is 0 Å². The van der Waals surface area contributed by atoms with E-state index in [1.165, 1.54) is 6.92 Å². The fraction of sp³-hybridized carbons (Fsp3) is 0.800. The molecule has 2 rings (SSSR count). The van der Waals surface area contributed by atoms with Crippen LogP contribution in [0.1, 0.15) is 32.6 Å². The van der Waals surface area contributed by atoms with Crippen molar-refractivity contribution < 1.29 is 56.3 Å². The second-order valence-electron chi connectivity index (χ2n) is 8.77. The SMILES string of the molecule is CC(CO)(COC(=O)OCCONC(=O)CCCC[C@@H]1SC[C@@H]2NC(=O)N[C@@H]21)C(=O)OCCS(=O)(=O)O. The van der Waals surface area contributed by atoms with Crippen LogP contribution in [0.5, 0.6) is 0 Å². The molecule has 17 heteroatoms. The Kier molecular flexibility index (Phi) is 12.2. The molecule has 0 radical (unpaired) electrons. The molecule has 2 aliphatic heterocycles. The lowest BCUT2D eigenvalue weighted by Crippen LogP contribution is -2.39. The zero-order chi connectivity index (χ0) is 27.5. The topological polar surface area (TPSA) is 216 Å². The van der Waals surface area contributed by atoms with E-state index in [9.17, 15) is 32.7 Å². The molecule has 0 aromatic carbocycles. The smallest absolute Gasteiger partial charge is 0.464 e. The number of unbranched alkanes of at least 4 members (excludes halogenated alkanes) is 1. The average Bonchev–Trinajstić information content (AvgIpc) is 3.38. The third-order valence-electron chi connectivity index (χ3n) is 5.60. The van der Waals surface area contributed by atoms with Gasteiger partial charge >= 0.3 is 18.2 Å². The van der Waals surface area contributed by atoms with E-state index in [4.69, 9.17) is 18.9 Å². The summed E-state index contributed by atoms with van der Waals surface area (Å²) in [6.07, 6.45) is 1.44. The predicted octanol–water partition coefficient (Wildman–Crippen LogP) is -0.657. The maximum Gasteiger partial charge on any atom is 0.508 e. The Morgan fingerprint density at radius 3 is 2.59 bits per heavy atom. The number of amides is 3. The highest BCUT2D eigenvalue weighted by molar-refractivity contribution is 8.00. The number of nitrogens with one attached hydrogen (secondary N) is 3. The Bertz CT molecular complexity index is 918. The van der Waals surface area contributed by atoms with Crippen molar-refractivity contribution in [2.75, 3.05) is 44.5 Å². The molecule has 212 valence electrons. The van der Waals surface area contributed by atoms with Gasteiger partial charge in [-0.2, -0.15) is 20.2 Å². The molecule has 2 fully saturated rings. The van der Waals surface area contributed by atoms with Gasteiger partial charge in [-0.25, -0.2) is 15.1 Å². The van der Waals surface area contributed by atoms with E-state index < -0.39 is 53.2 Å². The van der Waals surface area contributed by atoms with E-state index >= 15 is 0 Å². The molecule has 0 aliphatic carbocycles. The number of aliphatic hydroxyl groups is 1. The Hall–Kier alpha value is -2.34. The molecule has 1 unspecified atom stereocenters. The molecule has 2 heterocycles. The van der Waals surface area contributed by atoms with Crippen LogP contribution in [0, 0.1) is 5.41 Å². The van der Waals surface area contributed by atoms with Crippen molar-refractivity contribution in [1.29, 1.82) is 0 Å². The number of aliphatic hydroxyl groups excluding tert-OH is 1. The van der Waals surface area contributed by atoms with E-state index in [-0.39, 0.29) is 43.7 Å². The zero-order valence-corrected chi connectivity index (χ0v) is 21.9. The van der Waals surface area contributed by atoms with Crippen molar-refractivity contribution in [2.45, 2.75) is 49.9 Å². The van der Waals surface area contributed by atoms with Crippen molar-refractivity contribution in [2.24, 2.45) is 5.41 Å². The molecule has 4 atom stereocenters. The first-order chi connectivity index (χ1) is 17.4. The maximum atomic E-state index is 12.0. The summed E-state index contributed by atoms with van der Waals surface area (Å²) in [6.45, 7) is -1.23. The molecule has 0 spiro atoms. The molecule has 2 saturated heterocycles. The maximum absolute atomic E-state index is 12.0. The highest BCUT2D eigenvalue weighted by Gasteiger charge is 2.42. The molecule has 0 aromatic heterocycles. The third kappa shape index (κ3) is 10.9. The summed E-state index contributed by atoms with van der Waals surface area (Å²) in [5.74, 6) is -1.31. The summed E-state index contributed by atoms with van der Waals surface area (Å²) in [4.78, 5) is 51.9. The molecule has 15 nitrogen and oxygen atoms in total. The van der Waals surface area contributed by atoms with Gasteiger partial charge < -0.3 is 30.0 Å². The van der Waals surface area contributed by atoms with Gasteiger partial charge in [0.1, 0.15) is 37.6 Å². The van der Waals surface area contributed by atoms with E-state index in [0.29, 0.717) is 11.7 Å². The fourth-order valence-electron chi connectivity index (χ4n) is 3.47. The minimum absolute atomic E-state index is 0.130. The van der Waals surface area contributed by atoms with Gasteiger partial charge in [-0.1, -0.05) is 6.42 Å². The van der Waals surface area contributed by atoms with E-state index in [0.717, 1.165) is 18.6 Å². The quantitative estimate of drug-likeness (QED) is 0.0512. The number of carbonyl (C=O) groups is 4. The number of thioether (sulfide) groups is 1. The zero-order valence-electron chi connectivity index (χ0n) is 20.3. The van der Waals surface area contributed by atoms with Crippen molar-refractivity contribution in [3.8, 4) is 0 Å². The van der Waals surface area contributed by atoms with Crippen molar-refractivity contribution in [3.63, 3.8) is 0 Å². The molecule has 0 saturated carbocycles. The second kappa shape index (κ2) is 14.6. The van der Waals surface area contributed by atoms with Crippen LogP contribution >= 0.6 is 11.8 Å². The Morgan fingerprint density at radius 2 is 1.89 bits per heavy atom. The van der Waals surface area contributed by atoms with Gasteiger partial charge in [-0.3, -0.25) is 19.0 Å². The standard InChI is InChI=1S/C20H33N3O12S2/c1-20(11-24,17(26)32-8-9-37(29,30)31)12-34-19(28)33-6-7-35-23-15(25)5-3-2-4-14-16-13(10-36-14)21-18(27)22-16/h13-14,16,24H,2-12H2,1H3,(H,23,25)(H2,21,22,27)(H,29,30,31)/t13-,14-,16-,20?/m0/s1. The van der Waals surface area contributed by atoms with Gasteiger partial charge in [0.15, 0.2) is 0 Å². The van der Waals surface area contributed by atoms with Crippen LogP contribution in [0.15, 0.2) is 0 Å². The van der Waals surface area contributed by atoms with Crippen LogP contribution < -0.4 is 16.1 Å². The molecular formula is C20H33N3O12S2. The Balaban J connectivity index is 1.50. The summed E-state index contributed by atoms with van der Waals surface area (Å²) < 4.78 is 44.1. The molecule has 5 N–H and O–H groups in total. The van der Waals surface area contributed by atoms with Crippen LogP contribution in [-0.2, 0) is 38.8 Å². The third-order valence-corrected chi connectivity index (χ3v) is 7.79. The minimum atomic E-state index is -4.33. The van der Waals surface area contributed by atoms with Gasteiger partial charge in [0.25, 0.3) is 10.1 Å². The van der Waals surface area contributed by atoms with Crippen LogP contribution in [0.3, 0.4) is 0 Å². The summed E-state index contributed by atoms with van der Waals surface area (Å²) in [5.41, 5.74) is 0.562. The van der Waals surface area contributed by atoms with Gasteiger partial charge in [-0.05, 0) is 19.8 Å². The van der Waals surface area contributed by atoms with Crippen molar-refractivity contribution in [1.82, 2.24) is 16.1 Å². The summed E-state index contributed by atoms with van der Waals surface area (Å²) >= 11 is 1.81. The number of ether oxygens (including phenoxy) is 3. The van der Waals surface area contributed by atoms with Crippen LogP contribution in [-0.4, -0.2) is 104 Å². The molecule has 37 heavy (non-hydrogen) atoms. The molecule has 3 amide bonds. The first-order valence-corrected chi connectivity index (χ1v) is 14.2. The fourth-order valence-corrected chi connectivity index (χ4v) is 5.30. The van der Waals surface area contributed by atoms with Gasteiger partial charge in [0.05, 0.1) is 18.7 Å². The number of hydrogen-bond donors (Lipinski definition) is 5. The highest BCUT2D eigenvalue weighted by Crippen LogP contribution is 2.33. The highest BCUT2D eigenvalue weighted by atomic mass is 32.2. The lowest BCUT2D eigenvalue weighted by atomic mass is 9.93. The molecule has 0 bridgehead atoms. The van der Waals surface area contributed by atoms with Gasteiger partial charge in [0.2, 0.25) is 5.91 Å². The second-order valence-corrected chi connectivity index (χ2v) is 11.6. The molecular weight excluding hydrogens is 538 g/mol. The lowest BCUT2D eigenvalue weighted by molar-refractivity contribution is -0.160. The number of hydrogen-bond acceptors (Lipinski definition) is 12. The number of esters is 1. The van der Waals surface area contributed by atoms with E-state index in [2.05, 4.69) is 20.9 Å². The number of fused-ring (bicyclic) bond motifs is 1. The summed E-state index contributed by atoms with van der Waals surface area (Å²) in [5, 5.41) is 15.6. The Labute approximate surface area is 218 Å². The van der Waals surface area contributed by atoms with Crippen molar-refractivity contribution >= 4 is 45.9 Å². The van der Waals surface area contributed by atoms with Gasteiger partial charge in [0, 0.05) is 17.4 Å². The molecule has 2 aliphatic rings. The van der Waals surface area contributed by atoms with Crippen molar-refractivity contribution in [3.05, 3.63) is 0 Å². The average molecular weight is 572 g/mol. The number of rotatable bonds is 16. The number of urea groups is 1. The summed E-state index contributed by atoms with van der Waals surface area (Å²) in [6, 6.07) is 0.166. The van der Waals surface area contributed by atoms with Crippen LogP contribution in [0.25, 0.3) is 0 Å². The number of carbonyl (C=O) groups excluding carboxylic acids is 4. The first-order valence-electron chi connectivity index (χ1n) is 11.6. The lowest BCUT2D eigenvalue weighted by Gasteiger charge is -2.24.